The number of rotatable bonds is 16. The van der Waals surface area contributed by atoms with Crippen molar-refractivity contribution in [1.82, 2.24) is 21.3 Å². The molecule has 39 heavy (non-hydrogen) atoms. The van der Waals surface area contributed by atoms with Gasteiger partial charge < -0.3 is 36.0 Å². The number of hydrogen-bond donors (Lipinski definition) is 8. The van der Waals surface area contributed by atoms with Crippen molar-refractivity contribution < 1.29 is 57.9 Å². The van der Waals surface area contributed by atoms with Crippen molar-refractivity contribution in [2.24, 2.45) is 0 Å². The lowest BCUT2D eigenvalue weighted by molar-refractivity contribution is -0.139. The van der Waals surface area contributed by atoms with Gasteiger partial charge in [0, 0.05) is 33.2 Å². The van der Waals surface area contributed by atoms with Gasteiger partial charge in [0.25, 0.3) is 0 Å². The molecule has 0 fully saturated rings. The van der Waals surface area contributed by atoms with Gasteiger partial charge >= 0.3 is 19.8 Å². The van der Waals surface area contributed by atoms with Gasteiger partial charge in [-0.2, -0.15) is 0 Å². The van der Waals surface area contributed by atoms with Gasteiger partial charge in [0.2, 0.25) is 23.6 Å². The quantitative estimate of drug-likeness (QED) is 0.107. The minimum atomic E-state index is -4.79. The molecule has 0 radical (unpaired) electrons. The molecule has 0 aliphatic carbocycles. The SMILES string of the molecule is CNC(=O)[C@H](CCC(=O)O)NC(=O)[C@H](CCC(=O)O)NC(=O)[C@H](Cc1ccc(OP(=O)(O)O)cc1)NC(C)=O. The monoisotopic (exact) mass is 574 g/mol. The zero-order valence-electron chi connectivity index (χ0n) is 21.1. The number of carbonyl (C=O) groups is 6. The van der Waals surface area contributed by atoms with E-state index in [0.29, 0.717) is 5.56 Å². The largest absolute Gasteiger partial charge is 0.524 e. The summed E-state index contributed by atoms with van der Waals surface area (Å²) in [4.78, 5) is 89.6. The standard InChI is InChI=1S/C22H31N4O12P/c1-12(27)24-17(11-13-3-5-14(6-4-13)38-39(35,36)37)22(34)26-16(8-10-19(30)31)21(33)25-15(20(32)23-2)7-9-18(28)29/h3-6,15-17H,7-11H2,1-2H3,(H,23,32)(H,24,27)(H,25,33)(H,26,34)(H,28,29)(H,30,31)(H2,35,36,37)/t15-,16-,17-/m0/s1. The van der Waals surface area contributed by atoms with Gasteiger partial charge in [-0.15, -0.1) is 0 Å². The number of aliphatic carboxylic acids is 2. The molecule has 8 N–H and O–H groups in total. The van der Waals surface area contributed by atoms with Crippen LogP contribution in [0.15, 0.2) is 24.3 Å². The second kappa shape index (κ2) is 15.4. The number of carboxylic acids is 2. The zero-order chi connectivity index (χ0) is 29.8. The summed E-state index contributed by atoms with van der Waals surface area (Å²) in [7, 11) is -3.51. The molecule has 1 aromatic carbocycles. The summed E-state index contributed by atoms with van der Waals surface area (Å²) < 4.78 is 15.4. The molecule has 0 aliphatic heterocycles. The first-order valence-corrected chi connectivity index (χ1v) is 13.0. The number of carbonyl (C=O) groups excluding carboxylic acids is 4. The van der Waals surface area contributed by atoms with Crippen LogP contribution in [0.3, 0.4) is 0 Å². The maximum Gasteiger partial charge on any atom is 0.524 e. The van der Waals surface area contributed by atoms with E-state index in [1.807, 2.05) is 0 Å². The second-order valence-corrected chi connectivity index (χ2v) is 9.45. The average molecular weight is 574 g/mol. The van der Waals surface area contributed by atoms with Crippen LogP contribution in [0.5, 0.6) is 5.75 Å². The predicted molar refractivity (Wildman–Crippen MR) is 132 cm³/mol. The molecule has 16 nitrogen and oxygen atoms in total. The number of carboxylic acid groups (broad SMARTS) is 2. The van der Waals surface area contributed by atoms with Crippen LogP contribution < -0.4 is 25.8 Å². The van der Waals surface area contributed by atoms with Crippen molar-refractivity contribution in [3.63, 3.8) is 0 Å². The number of hydrogen-bond acceptors (Lipinski definition) is 8. The Morgan fingerprint density at radius 3 is 1.67 bits per heavy atom. The van der Waals surface area contributed by atoms with Crippen LogP contribution in [0.1, 0.15) is 38.2 Å². The van der Waals surface area contributed by atoms with Crippen LogP contribution in [-0.4, -0.2) is 80.7 Å². The predicted octanol–water partition coefficient (Wildman–Crippen LogP) is -1.35. The van der Waals surface area contributed by atoms with Crippen molar-refractivity contribution in [3.05, 3.63) is 29.8 Å². The molecule has 4 amide bonds. The third-order valence-electron chi connectivity index (χ3n) is 5.09. The fourth-order valence-corrected chi connectivity index (χ4v) is 3.70. The molecular formula is C22H31N4O12P. The Kier molecular flexibility index (Phi) is 13.0. The van der Waals surface area contributed by atoms with E-state index in [0.717, 1.165) is 6.92 Å². The smallest absolute Gasteiger partial charge is 0.481 e. The number of benzene rings is 1. The highest BCUT2D eigenvalue weighted by atomic mass is 31.2. The molecule has 0 aromatic heterocycles. The first-order valence-electron chi connectivity index (χ1n) is 11.5. The Balaban J connectivity index is 3.09. The average Bonchev–Trinajstić information content (AvgIpc) is 2.82. The maximum absolute atomic E-state index is 13.1. The molecule has 216 valence electrons. The first-order chi connectivity index (χ1) is 18.1. The van der Waals surface area contributed by atoms with Crippen molar-refractivity contribution in [3.8, 4) is 5.75 Å². The number of amides is 4. The maximum atomic E-state index is 13.1. The Labute approximate surface area is 222 Å². The Morgan fingerprint density at radius 1 is 0.795 bits per heavy atom. The van der Waals surface area contributed by atoms with Crippen LogP contribution in [0.4, 0.5) is 0 Å². The third-order valence-corrected chi connectivity index (χ3v) is 5.54. The fraction of sp³-hybridized carbons (Fsp3) is 0.455. The van der Waals surface area contributed by atoms with E-state index in [9.17, 15) is 33.3 Å². The summed E-state index contributed by atoms with van der Waals surface area (Å²) >= 11 is 0. The van der Waals surface area contributed by atoms with E-state index in [2.05, 4.69) is 25.8 Å². The summed E-state index contributed by atoms with van der Waals surface area (Å²) in [6.07, 6.45) is -1.77. The van der Waals surface area contributed by atoms with Crippen molar-refractivity contribution in [2.75, 3.05) is 7.05 Å². The number of phosphoric ester groups is 1. The molecule has 0 saturated carbocycles. The van der Waals surface area contributed by atoms with Gasteiger partial charge in [0.15, 0.2) is 0 Å². The van der Waals surface area contributed by atoms with Crippen molar-refractivity contribution >= 4 is 43.4 Å². The Morgan fingerprint density at radius 2 is 1.26 bits per heavy atom. The highest BCUT2D eigenvalue weighted by Crippen LogP contribution is 2.37. The van der Waals surface area contributed by atoms with Crippen LogP contribution in [0.25, 0.3) is 0 Å². The molecule has 0 bridgehead atoms. The number of nitrogens with one attached hydrogen (secondary N) is 4. The van der Waals surface area contributed by atoms with Gasteiger partial charge in [0.1, 0.15) is 23.9 Å². The summed E-state index contributed by atoms with van der Waals surface area (Å²) in [5.74, 6) is -5.74. The molecule has 0 unspecified atom stereocenters. The fourth-order valence-electron chi connectivity index (χ4n) is 3.31. The Hall–Kier alpha value is -4.01. The lowest BCUT2D eigenvalue weighted by atomic mass is 10.0. The van der Waals surface area contributed by atoms with Crippen molar-refractivity contribution in [1.29, 1.82) is 0 Å². The number of likely N-dealkylation sites (N-methyl/N-ethyl adjacent to an activating group) is 1. The van der Waals surface area contributed by atoms with Gasteiger partial charge in [0.05, 0.1) is 0 Å². The molecule has 1 rings (SSSR count). The van der Waals surface area contributed by atoms with Crippen LogP contribution >= 0.6 is 7.82 Å². The van der Waals surface area contributed by atoms with Crippen LogP contribution in [0.2, 0.25) is 0 Å². The second-order valence-electron chi connectivity index (χ2n) is 8.28. The number of phosphoric acid groups is 1. The molecule has 0 spiro atoms. The van der Waals surface area contributed by atoms with Gasteiger partial charge in [-0.1, -0.05) is 12.1 Å². The van der Waals surface area contributed by atoms with E-state index in [-0.39, 0.29) is 25.0 Å². The van der Waals surface area contributed by atoms with Crippen LogP contribution in [0, 0.1) is 0 Å². The highest BCUT2D eigenvalue weighted by molar-refractivity contribution is 7.46. The molecule has 0 aliphatic rings. The van der Waals surface area contributed by atoms with Gasteiger partial charge in [-0.3, -0.25) is 38.6 Å². The zero-order valence-corrected chi connectivity index (χ0v) is 22.0. The molecule has 0 heterocycles. The summed E-state index contributed by atoms with van der Waals surface area (Å²) in [6.45, 7) is 1.14. The Bertz CT molecular complexity index is 1100. The third kappa shape index (κ3) is 13.4. The summed E-state index contributed by atoms with van der Waals surface area (Å²) in [5.41, 5.74) is 0.432. The van der Waals surface area contributed by atoms with Gasteiger partial charge in [-0.25, -0.2) is 4.57 Å². The molecule has 17 heteroatoms. The van der Waals surface area contributed by atoms with Crippen LogP contribution in [-0.2, 0) is 39.8 Å². The van der Waals surface area contributed by atoms with E-state index in [4.69, 9.17) is 20.0 Å². The highest BCUT2D eigenvalue weighted by Gasteiger charge is 2.30. The molecular weight excluding hydrogens is 543 g/mol. The minimum absolute atomic E-state index is 0.131. The summed E-state index contributed by atoms with van der Waals surface area (Å²) in [5, 5.41) is 27.3. The van der Waals surface area contributed by atoms with Gasteiger partial charge in [-0.05, 0) is 30.5 Å². The summed E-state index contributed by atoms with van der Waals surface area (Å²) in [6, 6.07) is 1.25. The lowest BCUT2D eigenvalue weighted by Crippen LogP contribution is -2.57. The topological polar surface area (TPSA) is 258 Å². The van der Waals surface area contributed by atoms with E-state index in [1.54, 1.807) is 0 Å². The van der Waals surface area contributed by atoms with E-state index >= 15 is 0 Å². The van der Waals surface area contributed by atoms with Crippen molar-refractivity contribution in [2.45, 2.75) is 57.2 Å². The molecule has 1 aromatic rings. The minimum Gasteiger partial charge on any atom is -0.481 e. The lowest BCUT2D eigenvalue weighted by Gasteiger charge is -2.25. The van der Waals surface area contributed by atoms with E-state index < -0.39 is 74.4 Å². The van der Waals surface area contributed by atoms with E-state index in [1.165, 1.54) is 31.3 Å². The first kappa shape index (κ1) is 33.0. The normalized spacial score (nSPS) is 13.2. The molecule has 0 saturated heterocycles. The molecule has 3 atom stereocenters.